The molecule has 1 aromatic heterocycles. The molecule has 4 nitrogen and oxygen atoms in total. The Kier molecular flexibility index (Phi) is 6.21. The van der Waals surface area contributed by atoms with Crippen LogP contribution < -0.4 is 5.73 Å². The minimum atomic E-state index is 0.722. The summed E-state index contributed by atoms with van der Waals surface area (Å²) in [7, 11) is 0. The Morgan fingerprint density at radius 2 is 1.86 bits per heavy atom. The molecular weight excluding hydrogens is 260 g/mol. The Balaban J connectivity index is 2.27. The molecule has 0 aliphatic rings. The van der Waals surface area contributed by atoms with Gasteiger partial charge in [-0.2, -0.15) is 0 Å². The van der Waals surface area contributed by atoms with Crippen LogP contribution in [0.15, 0.2) is 24.3 Å². The number of para-hydroxylation sites is 2. The largest absolute Gasteiger partial charge is 0.330 e. The Labute approximate surface area is 128 Å². The Hall–Kier alpha value is -1.39. The second-order valence-electron chi connectivity index (χ2n) is 5.59. The van der Waals surface area contributed by atoms with Gasteiger partial charge < -0.3 is 10.3 Å². The van der Waals surface area contributed by atoms with Gasteiger partial charge in [0.05, 0.1) is 17.6 Å². The van der Waals surface area contributed by atoms with E-state index in [0.717, 1.165) is 44.7 Å². The molecule has 1 heterocycles. The molecular formula is C17H28N4. The molecule has 2 aromatic rings. The van der Waals surface area contributed by atoms with Crippen molar-refractivity contribution in [2.45, 2.75) is 46.2 Å². The first-order valence-corrected chi connectivity index (χ1v) is 8.16. The van der Waals surface area contributed by atoms with Crippen molar-refractivity contribution < 1.29 is 0 Å². The summed E-state index contributed by atoms with van der Waals surface area (Å²) in [5.74, 6) is 1.17. The smallest absolute Gasteiger partial charge is 0.124 e. The minimum Gasteiger partial charge on any atom is -0.330 e. The van der Waals surface area contributed by atoms with E-state index in [1.807, 2.05) is 0 Å². The molecule has 2 N–H and O–H groups in total. The Morgan fingerprint density at radius 1 is 1.14 bits per heavy atom. The first kappa shape index (κ1) is 16.0. The molecule has 0 saturated heterocycles. The number of aryl methyl sites for hydroxylation is 1. The first-order chi connectivity index (χ1) is 10.3. The van der Waals surface area contributed by atoms with E-state index in [1.54, 1.807) is 0 Å². The Morgan fingerprint density at radius 3 is 2.52 bits per heavy atom. The fourth-order valence-electron chi connectivity index (χ4n) is 2.85. The summed E-state index contributed by atoms with van der Waals surface area (Å²) < 4.78 is 2.35. The molecule has 0 unspecified atom stereocenters. The fraction of sp³-hybridized carbons (Fsp3) is 0.588. The Bertz CT molecular complexity index is 541. The highest BCUT2D eigenvalue weighted by atomic mass is 15.2. The van der Waals surface area contributed by atoms with Crippen molar-refractivity contribution in [3.8, 4) is 0 Å². The summed E-state index contributed by atoms with van der Waals surface area (Å²) in [5.41, 5.74) is 8.02. The maximum atomic E-state index is 5.69. The maximum absolute atomic E-state index is 5.69. The third-order valence-corrected chi connectivity index (χ3v) is 3.76. The lowest BCUT2D eigenvalue weighted by atomic mass is 10.3. The molecule has 0 atom stereocenters. The van der Waals surface area contributed by atoms with Crippen LogP contribution in [0.25, 0.3) is 11.0 Å². The second-order valence-corrected chi connectivity index (χ2v) is 5.59. The zero-order chi connectivity index (χ0) is 15.1. The van der Waals surface area contributed by atoms with Gasteiger partial charge in [-0.3, -0.25) is 4.90 Å². The summed E-state index contributed by atoms with van der Waals surface area (Å²) >= 11 is 0. The van der Waals surface area contributed by atoms with E-state index in [4.69, 9.17) is 10.7 Å². The van der Waals surface area contributed by atoms with Gasteiger partial charge in [-0.25, -0.2) is 4.98 Å². The topological polar surface area (TPSA) is 47.1 Å². The van der Waals surface area contributed by atoms with Gasteiger partial charge in [0, 0.05) is 6.54 Å². The van der Waals surface area contributed by atoms with Crippen molar-refractivity contribution in [3.05, 3.63) is 30.1 Å². The highest BCUT2D eigenvalue weighted by molar-refractivity contribution is 5.75. The lowest BCUT2D eigenvalue weighted by Gasteiger charge is -2.21. The van der Waals surface area contributed by atoms with E-state index in [-0.39, 0.29) is 0 Å². The number of hydrogen-bond acceptors (Lipinski definition) is 3. The van der Waals surface area contributed by atoms with Crippen LogP contribution in [0.5, 0.6) is 0 Å². The fourth-order valence-corrected chi connectivity index (χ4v) is 2.85. The molecule has 0 fully saturated rings. The van der Waals surface area contributed by atoms with E-state index < -0.39 is 0 Å². The molecule has 2 rings (SSSR count). The third-order valence-electron chi connectivity index (χ3n) is 3.76. The van der Waals surface area contributed by atoms with Gasteiger partial charge in [0.1, 0.15) is 5.82 Å². The van der Waals surface area contributed by atoms with Crippen LogP contribution >= 0.6 is 0 Å². The van der Waals surface area contributed by atoms with Crippen molar-refractivity contribution in [3.63, 3.8) is 0 Å². The quantitative estimate of drug-likeness (QED) is 0.771. The van der Waals surface area contributed by atoms with Gasteiger partial charge in [0.25, 0.3) is 0 Å². The lowest BCUT2D eigenvalue weighted by Crippen LogP contribution is -2.27. The number of nitrogens with two attached hydrogens (primary N) is 1. The molecule has 0 radical (unpaired) electrons. The number of imidazole rings is 1. The molecule has 116 valence electrons. The molecule has 0 spiro atoms. The summed E-state index contributed by atoms with van der Waals surface area (Å²) in [6.45, 7) is 9.35. The van der Waals surface area contributed by atoms with Crippen molar-refractivity contribution in [1.29, 1.82) is 0 Å². The first-order valence-electron chi connectivity index (χ1n) is 8.16. The highest BCUT2D eigenvalue weighted by Crippen LogP contribution is 2.18. The second kappa shape index (κ2) is 8.15. The lowest BCUT2D eigenvalue weighted by molar-refractivity contribution is 0.256. The monoisotopic (exact) mass is 288 g/mol. The normalized spacial score (nSPS) is 11.6. The van der Waals surface area contributed by atoms with Gasteiger partial charge in [-0.05, 0) is 51.0 Å². The minimum absolute atomic E-state index is 0.722. The van der Waals surface area contributed by atoms with Gasteiger partial charge in [-0.15, -0.1) is 0 Å². The molecule has 0 bridgehead atoms. The van der Waals surface area contributed by atoms with Crippen LogP contribution in [-0.4, -0.2) is 34.1 Å². The molecule has 4 heteroatoms. The van der Waals surface area contributed by atoms with Gasteiger partial charge >= 0.3 is 0 Å². The summed E-state index contributed by atoms with van der Waals surface area (Å²) in [4.78, 5) is 7.35. The van der Waals surface area contributed by atoms with E-state index in [0.29, 0.717) is 0 Å². The van der Waals surface area contributed by atoms with E-state index in [2.05, 4.69) is 47.6 Å². The van der Waals surface area contributed by atoms with Crippen molar-refractivity contribution in [2.24, 2.45) is 5.73 Å². The standard InChI is InChI=1S/C17H28N4/c1-3-11-20(12-4-2)14-17-19-15-8-5-6-9-16(15)21(17)13-7-10-18/h5-6,8-9H,3-4,7,10-14,18H2,1-2H3. The number of nitrogens with zero attached hydrogens (tertiary/aromatic N) is 3. The van der Waals surface area contributed by atoms with E-state index >= 15 is 0 Å². The zero-order valence-corrected chi connectivity index (χ0v) is 13.4. The molecule has 0 aliphatic heterocycles. The van der Waals surface area contributed by atoms with Crippen LogP contribution in [0, 0.1) is 0 Å². The number of aromatic nitrogens is 2. The maximum Gasteiger partial charge on any atom is 0.124 e. The predicted octanol–water partition coefficient (Wildman–Crippen LogP) is 3.01. The SMILES string of the molecule is CCCN(CCC)Cc1nc2ccccc2n1CCCN. The zero-order valence-electron chi connectivity index (χ0n) is 13.4. The van der Waals surface area contributed by atoms with Crippen LogP contribution in [-0.2, 0) is 13.1 Å². The average molecular weight is 288 g/mol. The third kappa shape index (κ3) is 4.05. The molecule has 0 saturated carbocycles. The highest BCUT2D eigenvalue weighted by Gasteiger charge is 2.13. The average Bonchev–Trinajstić information content (AvgIpc) is 2.83. The van der Waals surface area contributed by atoms with E-state index in [1.165, 1.54) is 24.2 Å². The van der Waals surface area contributed by atoms with E-state index in [9.17, 15) is 0 Å². The number of benzene rings is 1. The summed E-state index contributed by atoms with van der Waals surface area (Å²) in [5, 5.41) is 0. The van der Waals surface area contributed by atoms with Crippen molar-refractivity contribution in [1.82, 2.24) is 14.5 Å². The molecule has 0 amide bonds. The predicted molar refractivity (Wildman–Crippen MR) is 89.3 cm³/mol. The van der Waals surface area contributed by atoms with Crippen LogP contribution in [0.2, 0.25) is 0 Å². The number of fused-ring (bicyclic) bond motifs is 1. The van der Waals surface area contributed by atoms with Crippen LogP contribution in [0.1, 0.15) is 38.9 Å². The molecule has 21 heavy (non-hydrogen) atoms. The summed E-state index contributed by atoms with van der Waals surface area (Å²) in [6.07, 6.45) is 3.36. The molecule has 1 aromatic carbocycles. The van der Waals surface area contributed by atoms with Crippen molar-refractivity contribution >= 4 is 11.0 Å². The van der Waals surface area contributed by atoms with Crippen LogP contribution in [0.4, 0.5) is 0 Å². The number of hydrogen-bond donors (Lipinski definition) is 1. The van der Waals surface area contributed by atoms with Gasteiger partial charge in [0.15, 0.2) is 0 Å². The van der Waals surface area contributed by atoms with Gasteiger partial charge in [-0.1, -0.05) is 26.0 Å². The van der Waals surface area contributed by atoms with Gasteiger partial charge in [0.2, 0.25) is 0 Å². The van der Waals surface area contributed by atoms with Crippen molar-refractivity contribution in [2.75, 3.05) is 19.6 Å². The number of rotatable bonds is 9. The molecule has 0 aliphatic carbocycles. The summed E-state index contributed by atoms with van der Waals surface area (Å²) in [6, 6.07) is 8.40. The van der Waals surface area contributed by atoms with Crippen LogP contribution in [0.3, 0.4) is 0 Å².